The average Bonchev–Trinajstić information content (AvgIpc) is 3.05. The molecule has 1 heterocycles. The van der Waals surface area contributed by atoms with Gasteiger partial charge in [0.25, 0.3) is 0 Å². The molecule has 4 nitrogen and oxygen atoms in total. The van der Waals surface area contributed by atoms with Crippen LogP contribution in [0.15, 0.2) is 28.9 Å². The van der Waals surface area contributed by atoms with Crippen LogP contribution in [-0.2, 0) is 6.42 Å². The number of ether oxygens (including phenoxy) is 1. The van der Waals surface area contributed by atoms with Gasteiger partial charge >= 0.3 is 0 Å². The summed E-state index contributed by atoms with van der Waals surface area (Å²) in [4.78, 5) is 4.26. The van der Waals surface area contributed by atoms with Crippen molar-refractivity contribution in [2.24, 2.45) is 0 Å². The molecule has 19 heavy (non-hydrogen) atoms. The fraction of sp³-hybridized carbons (Fsp3) is 0.385. The highest BCUT2D eigenvalue weighted by Crippen LogP contribution is 2.42. The normalized spacial score (nSPS) is 21.4. The Balaban J connectivity index is 1.86. The van der Waals surface area contributed by atoms with Crippen LogP contribution < -0.4 is 10.1 Å². The van der Waals surface area contributed by atoms with Crippen LogP contribution in [0.3, 0.4) is 0 Å². The van der Waals surface area contributed by atoms with Crippen LogP contribution in [0.25, 0.3) is 0 Å². The van der Waals surface area contributed by atoms with E-state index in [9.17, 15) is 0 Å². The lowest BCUT2D eigenvalue weighted by atomic mass is 10.1. The monoisotopic (exact) mass is 293 g/mol. The minimum Gasteiger partial charge on any atom is -0.497 e. The summed E-state index contributed by atoms with van der Waals surface area (Å²) in [5.41, 5.74) is 2.73. The highest BCUT2D eigenvalue weighted by Gasteiger charge is 2.33. The van der Waals surface area contributed by atoms with Gasteiger partial charge in [-0.3, -0.25) is 0 Å². The highest BCUT2D eigenvalue weighted by molar-refractivity contribution is 8.01. The van der Waals surface area contributed by atoms with Gasteiger partial charge in [0.2, 0.25) is 0 Å². The van der Waals surface area contributed by atoms with E-state index in [1.807, 2.05) is 13.1 Å². The Morgan fingerprint density at radius 2 is 2.37 bits per heavy atom. The van der Waals surface area contributed by atoms with Crippen LogP contribution in [0.5, 0.6) is 5.75 Å². The van der Waals surface area contributed by atoms with E-state index < -0.39 is 0 Å². The van der Waals surface area contributed by atoms with Crippen LogP contribution in [-0.4, -0.2) is 28.8 Å². The molecule has 1 aromatic carbocycles. The topological polar surface area (TPSA) is 47.0 Å². The van der Waals surface area contributed by atoms with E-state index in [1.165, 1.54) is 22.7 Å². The summed E-state index contributed by atoms with van der Waals surface area (Å²) in [5, 5.41) is 3.87. The molecule has 0 aliphatic heterocycles. The van der Waals surface area contributed by atoms with Gasteiger partial charge in [-0.2, -0.15) is 4.37 Å². The maximum atomic E-state index is 5.32. The number of nitrogens with zero attached hydrogens (tertiary/aromatic N) is 2. The zero-order chi connectivity index (χ0) is 13.2. The number of nitrogens with one attached hydrogen (secondary N) is 1. The molecule has 0 fully saturated rings. The number of rotatable bonds is 4. The smallest absolute Gasteiger partial charge is 0.170 e. The van der Waals surface area contributed by atoms with Crippen molar-refractivity contribution in [2.75, 3.05) is 14.2 Å². The van der Waals surface area contributed by atoms with Gasteiger partial charge in [-0.1, -0.05) is 17.8 Å². The fourth-order valence-electron chi connectivity index (χ4n) is 2.51. The van der Waals surface area contributed by atoms with Crippen molar-refractivity contribution >= 4 is 23.3 Å². The molecule has 0 radical (unpaired) electrons. The lowest BCUT2D eigenvalue weighted by Gasteiger charge is -2.18. The van der Waals surface area contributed by atoms with Crippen molar-refractivity contribution in [1.82, 2.24) is 14.7 Å². The lowest BCUT2D eigenvalue weighted by molar-refractivity contribution is 0.413. The van der Waals surface area contributed by atoms with Gasteiger partial charge in [0, 0.05) is 11.3 Å². The predicted molar refractivity (Wildman–Crippen MR) is 78.1 cm³/mol. The molecule has 0 saturated carbocycles. The van der Waals surface area contributed by atoms with Crippen molar-refractivity contribution in [2.45, 2.75) is 22.1 Å². The molecule has 0 spiro atoms. The lowest BCUT2D eigenvalue weighted by Crippen LogP contribution is -2.23. The van der Waals surface area contributed by atoms with E-state index in [0.29, 0.717) is 11.3 Å². The van der Waals surface area contributed by atoms with Crippen LogP contribution in [0, 0.1) is 0 Å². The molecule has 2 aromatic rings. The SMILES string of the molecule is CNC1c2cc(OC)ccc2CC1Sc1ncns1. The molecule has 6 heteroatoms. The second-order valence-corrected chi connectivity index (χ2v) is 6.67. The summed E-state index contributed by atoms with van der Waals surface area (Å²) in [6.45, 7) is 0. The summed E-state index contributed by atoms with van der Waals surface area (Å²) >= 11 is 3.26. The van der Waals surface area contributed by atoms with Crippen molar-refractivity contribution < 1.29 is 4.74 Å². The van der Waals surface area contributed by atoms with Gasteiger partial charge in [-0.25, -0.2) is 4.98 Å². The Bertz CT molecular complexity index is 559. The van der Waals surface area contributed by atoms with Crippen molar-refractivity contribution in [3.05, 3.63) is 35.7 Å². The van der Waals surface area contributed by atoms with Crippen LogP contribution in [0.4, 0.5) is 0 Å². The maximum Gasteiger partial charge on any atom is 0.170 e. The molecule has 2 atom stereocenters. The highest BCUT2D eigenvalue weighted by atomic mass is 32.2. The van der Waals surface area contributed by atoms with E-state index in [1.54, 1.807) is 25.2 Å². The first kappa shape index (κ1) is 12.9. The van der Waals surface area contributed by atoms with Gasteiger partial charge in [-0.05, 0) is 48.3 Å². The third-order valence-electron chi connectivity index (χ3n) is 3.39. The van der Waals surface area contributed by atoms with Gasteiger partial charge in [-0.15, -0.1) is 0 Å². The first-order valence-electron chi connectivity index (χ1n) is 6.09. The number of hydrogen-bond acceptors (Lipinski definition) is 6. The second-order valence-electron chi connectivity index (χ2n) is 4.40. The summed E-state index contributed by atoms with van der Waals surface area (Å²) in [7, 11) is 3.71. The fourth-order valence-corrected chi connectivity index (χ4v) is 4.51. The molecule has 1 aromatic heterocycles. The summed E-state index contributed by atoms with van der Waals surface area (Å²) in [6.07, 6.45) is 2.67. The molecule has 2 unspecified atom stereocenters. The third kappa shape index (κ3) is 2.48. The van der Waals surface area contributed by atoms with Crippen LogP contribution >= 0.6 is 23.3 Å². The Morgan fingerprint density at radius 1 is 1.47 bits per heavy atom. The number of methoxy groups -OCH3 is 1. The minimum absolute atomic E-state index is 0.332. The van der Waals surface area contributed by atoms with E-state index in [-0.39, 0.29) is 0 Å². The number of thioether (sulfide) groups is 1. The van der Waals surface area contributed by atoms with Crippen molar-refractivity contribution in [3.8, 4) is 5.75 Å². The molecule has 1 aliphatic rings. The molecular weight excluding hydrogens is 278 g/mol. The zero-order valence-corrected chi connectivity index (χ0v) is 12.4. The first-order valence-corrected chi connectivity index (χ1v) is 7.74. The number of aromatic nitrogens is 2. The molecule has 0 bridgehead atoms. The van der Waals surface area contributed by atoms with Gasteiger partial charge in [0.05, 0.1) is 7.11 Å². The number of benzene rings is 1. The Labute approximate surface area is 120 Å². The Morgan fingerprint density at radius 3 is 3.05 bits per heavy atom. The molecule has 1 N–H and O–H groups in total. The minimum atomic E-state index is 0.332. The summed E-state index contributed by atoms with van der Waals surface area (Å²) < 4.78 is 10.4. The molecular formula is C13H15N3OS2. The molecule has 0 amide bonds. The number of hydrogen-bond donors (Lipinski definition) is 1. The Hall–Kier alpha value is -1.11. The quantitative estimate of drug-likeness (QED) is 0.938. The second kappa shape index (κ2) is 5.48. The average molecular weight is 293 g/mol. The van der Waals surface area contributed by atoms with Crippen molar-refractivity contribution in [1.29, 1.82) is 0 Å². The standard InChI is InChI=1S/C13H15N3OS2/c1-14-12-10-6-9(17-2)4-3-8(10)5-11(12)18-13-15-7-16-19-13/h3-4,6-7,11-12,14H,5H2,1-2H3. The van der Waals surface area contributed by atoms with E-state index >= 15 is 0 Å². The maximum absolute atomic E-state index is 5.32. The van der Waals surface area contributed by atoms with E-state index in [2.05, 4.69) is 26.8 Å². The van der Waals surface area contributed by atoms with Crippen LogP contribution in [0.1, 0.15) is 17.2 Å². The van der Waals surface area contributed by atoms with Gasteiger partial charge in [0.1, 0.15) is 12.1 Å². The van der Waals surface area contributed by atoms with Crippen molar-refractivity contribution in [3.63, 3.8) is 0 Å². The zero-order valence-electron chi connectivity index (χ0n) is 10.8. The van der Waals surface area contributed by atoms with Gasteiger partial charge < -0.3 is 10.1 Å². The molecule has 3 rings (SSSR count). The first-order chi connectivity index (χ1) is 9.31. The molecule has 100 valence electrons. The van der Waals surface area contributed by atoms with E-state index in [0.717, 1.165) is 16.5 Å². The summed E-state index contributed by atoms with van der Waals surface area (Å²) in [5.74, 6) is 0.917. The molecule has 0 saturated heterocycles. The van der Waals surface area contributed by atoms with Gasteiger partial charge in [0.15, 0.2) is 4.34 Å². The van der Waals surface area contributed by atoms with Crippen LogP contribution in [0.2, 0.25) is 0 Å². The molecule has 1 aliphatic carbocycles. The summed E-state index contributed by atoms with van der Waals surface area (Å²) in [6, 6.07) is 6.67. The third-order valence-corrected chi connectivity index (χ3v) is 5.41. The van der Waals surface area contributed by atoms with E-state index in [4.69, 9.17) is 4.74 Å². The predicted octanol–water partition coefficient (Wildman–Crippen LogP) is 2.52. The largest absolute Gasteiger partial charge is 0.497 e. The Kier molecular flexibility index (Phi) is 3.72. The number of fused-ring (bicyclic) bond motifs is 1.